The van der Waals surface area contributed by atoms with Crippen LogP contribution < -0.4 is 10.6 Å². The van der Waals surface area contributed by atoms with Crippen molar-refractivity contribution < 1.29 is 14.3 Å². The average Bonchev–Trinajstić information content (AvgIpc) is 2.47. The van der Waals surface area contributed by atoms with E-state index in [9.17, 15) is 4.79 Å². The van der Waals surface area contributed by atoms with Gasteiger partial charge in [0.2, 0.25) is 0 Å². The first kappa shape index (κ1) is 16.3. The molecule has 0 amide bonds. The van der Waals surface area contributed by atoms with Crippen LogP contribution in [0, 0.1) is 0 Å². The molecule has 0 unspecified atom stereocenters. The lowest BCUT2D eigenvalue weighted by molar-refractivity contribution is -0.140. The second-order valence-electron chi connectivity index (χ2n) is 4.06. The SMILES string of the molecule is COCCN(CCC(=O)OC)c1cnccc1C(N)=S. The van der Waals surface area contributed by atoms with E-state index in [-0.39, 0.29) is 12.4 Å². The largest absolute Gasteiger partial charge is 0.469 e. The third kappa shape index (κ3) is 4.75. The third-order valence-corrected chi connectivity index (χ3v) is 3.00. The number of hydrogen-bond acceptors (Lipinski definition) is 6. The van der Waals surface area contributed by atoms with Crippen LogP contribution in [0.25, 0.3) is 0 Å². The Bertz CT molecular complexity index is 468. The van der Waals surface area contributed by atoms with Gasteiger partial charge in [-0.3, -0.25) is 9.78 Å². The highest BCUT2D eigenvalue weighted by atomic mass is 32.1. The highest BCUT2D eigenvalue weighted by molar-refractivity contribution is 7.80. The molecule has 0 aliphatic carbocycles. The zero-order valence-electron chi connectivity index (χ0n) is 11.7. The van der Waals surface area contributed by atoms with Crippen LogP contribution in [0.4, 0.5) is 5.69 Å². The summed E-state index contributed by atoms with van der Waals surface area (Å²) in [6, 6.07) is 1.76. The van der Waals surface area contributed by atoms with E-state index in [0.29, 0.717) is 24.7 Å². The monoisotopic (exact) mass is 297 g/mol. The van der Waals surface area contributed by atoms with Gasteiger partial charge in [-0.2, -0.15) is 0 Å². The van der Waals surface area contributed by atoms with Crippen LogP contribution in [-0.4, -0.2) is 49.9 Å². The molecule has 0 saturated carbocycles. The van der Waals surface area contributed by atoms with E-state index in [4.69, 9.17) is 22.7 Å². The molecule has 1 heterocycles. The van der Waals surface area contributed by atoms with Crippen LogP contribution in [-0.2, 0) is 14.3 Å². The first-order chi connectivity index (χ1) is 9.60. The number of anilines is 1. The van der Waals surface area contributed by atoms with E-state index < -0.39 is 0 Å². The second kappa shape index (κ2) is 8.44. The van der Waals surface area contributed by atoms with Crippen LogP contribution in [0.1, 0.15) is 12.0 Å². The molecule has 0 spiro atoms. The van der Waals surface area contributed by atoms with Gasteiger partial charge in [-0.25, -0.2) is 0 Å². The van der Waals surface area contributed by atoms with Gasteiger partial charge in [0.05, 0.1) is 32.0 Å². The van der Waals surface area contributed by atoms with Crippen molar-refractivity contribution in [2.75, 3.05) is 38.8 Å². The summed E-state index contributed by atoms with van der Waals surface area (Å²) in [5, 5.41) is 0. The first-order valence-corrected chi connectivity index (χ1v) is 6.55. The lowest BCUT2D eigenvalue weighted by atomic mass is 10.2. The summed E-state index contributed by atoms with van der Waals surface area (Å²) in [7, 11) is 2.99. The van der Waals surface area contributed by atoms with Gasteiger partial charge in [-0.05, 0) is 6.07 Å². The smallest absolute Gasteiger partial charge is 0.307 e. The number of nitrogens with two attached hydrogens (primary N) is 1. The molecule has 6 nitrogen and oxygen atoms in total. The van der Waals surface area contributed by atoms with Gasteiger partial charge < -0.3 is 20.1 Å². The molecule has 0 saturated heterocycles. The van der Waals surface area contributed by atoms with Crippen molar-refractivity contribution in [1.29, 1.82) is 0 Å². The third-order valence-electron chi connectivity index (χ3n) is 2.79. The van der Waals surface area contributed by atoms with Crippen LogP contribution in [0.2, 0.25) is 0 Å². The number of hydrogen-bond donors (Lipinski definition) is 1. The Labute approximate surface area is 123 Å². The van der Waals surface area contributed by atoms with E-state index in [1.807, 2.05) is 4.90 Å². The van der Waals surface area contributed by atoms with Crippen LogP contribution >= 0.6 is 12.2 Å². The van der Waals surface area contributed by atoms with Gasteiger partial charge >= 0.3 is 5.97 Å². The molecule has 0 bridgehead atoms. The predicted molar refractivity (Wildman–Crippen MR) is 80.8 cm³/mol. The van der Waals surface area contributed by atoms with Crippen molar-refractivity contribution in [3.05, 3.63) is 24.0 Å². The van der Waals surface area contributed by atoms with Crippen molar-refractivity contribution in [2.45, 2.75) is 6.42 Å². The fourth-order valence-electron chi connectivity index (χ4n) is 1.73. The van der Waals surface area contributed by atoms with Gasteiger partial charge in [-0.1, -0.05) is 12.2 Å². The van der Waals surface area contributed by atoms with E-state index in [2.05, 4.69) is 9.72 Å². The standard InChI is InChI=1S/C13H19N3O3S/c1-18-8-7-16(6-4-12(17)19-2)11-9-15-5-3-10(11)13(14)20/h3,5,9H,4,6-8H2,1-2H3,(H2,14,20). The van der Waals surface area contributed by atoms with E-state index in [0.717, 1.165) is 11.3 Å². The topological polar surface area (TPSA) is 77.7 Å². The van der Waals surface area contributed by atoms with Gasteiger partial charge in [0.25, 0.3) is 0 Å². The fraction of sp³-hybridized carbons (Fsp3) is 0.462. The molecule has 2 N–H and O–H groups in total. The van der Waals surface area contributed by atoms with E-state index >= 15 is 0 Å². The molecule has 0 atom stereocenters. The number of esters is 1. The van der Waals surface area contributed by atoms with Gasteiger partial charge in [0, 0.05) is 32.0 Å². The second-order valence-corrected chi connectivity index (χ2v) is 4.50. The number of carbonyl (C=O) groups is 1. The lowest BCUT2D eigenvalue weighted by Gasteiger charge is -2.25. The molecule has 0 radical (unpaired) electrons. The number of aromatic nitrogens is 1. The number of pyridine rings is 1. The maximum Gasteiger partial charge on any atom is 0.307 e. The fourth-order valence-corrected chi connectivity index (χ4v) is 1.90. The van der Waals surface area contributed by atoms with Crippen molar-refractivity contribution in [3.63, 3.8) is 0 Å². The summed E-state index contributed by atoms with van der Waals surface area (Å²) in [4.78, 5) is 17.6. The average molecular weight is 297 g/mol. The van der Waals surface area contributed by atoms with Crippen LogP contribution in [0.15, 0.2) is 18.5 Å². The number of thiocarbonyl (C=S) groups is 1. The predicted octanol–water partition coefficient (Wildman–Crippen LogP) is 0.732. The van der Waals surface area contributed by atoms with Crippen molar-refractivity contribution >= 4 is 28.9 Å². The summed E-state index contributed by atoms with van der Waals surface area (Å²) in [5.74, 6) is -0.270. The highest BCUT2D eigenvalue weighted by Crippen LogP contribution is 2.19. The number of carbonyl (C=O) groups excluding carboxylic acids is 1. The summed E-state index contributed by atoms with van der Waals surface area (Å²) >= 11 is 5.04. The molecule has 0 aliphatic heterocycles. The Hall–Kier alpha value is -1.73. The van der Waals surface area contributed by atoms with Crippen LogP contribution in [0.5, 0.6) is 0 Å². The summed E-state index contributed by atoms with van der Waals surface area (Å²) in [5.41, 5.74) is 7.24. The number of nitrogens with zero attached hydrogens (tertiary/aromatic N) is 2. The molecule has 0 aromatic carbocycles. The quantitative estimate of drug-likeness (QED) is 0.560. The summed E-state index contributed by atoms with van der Waals surface area (Å²) < 4.78 is 9.74. The van der Waals surface area contributed by atoms with E-state index in [1.165, 1.54) is 7.11 Å². The number of ether oxygens (including phenoxy) is 2. The molecule has 110 valence electrons. The minimum Gasteiger partial charge on any atom is -0.469 e. The molecular weight excluding hydrogens is 278 g/mol. The molecular formula is C13H19N3O3S. The summed E-state index contributed by atoms with van der Waals surface area (Å²) in [6.07, 6.45) is 3.58. The van der Waals surface area contributed by atoms with Gasteiger partial charge in [-0.15, -0.1) is 0 Å². The van der Waals surface area contributed by atoms with Crippen LogP contribution in [0.3, 0.4) is 0 Å². The minimum atomic E-state index is -0.270. The maximum absolute atomic E-state index is 11.3. The Morgan fingerprint density at radius 1 is 1.45 bits per heavy atom. The zero-order chi connectivity index (χ0) is 15.0. The minimum absolute atomic E-state index is 0.270. The van der Waals surface area contributed by atoms with Crippen molar-refractivity contribution in [2.24, 2.45) is 5.73 Å². The lowest BCUT2D eigenvalue weighted by Crippen LogP contribution is -2.32. The molecule has 0 aliphatic rings. The summed E-state index contributed by atoms with van der Waals surface area (Å²) in [6.45, 7) is 1.61. The van der Waals surface area contributed by atoms with Gasteiger partial charge in [0.1, 0.15) is 4.99 Å². The maximum atomic E-state index is 11.3. The molecule has 0 fully saturated rings. The first-order valence-electron chi connectivity index (χ1n) is 6.14. The molecule has 1 aromatic rings. The normalized spacial score (nSPS) is 10.1. The Morgan fingerprint density at radius 3 is 2.80 bits per heavy atom. The van der Waals surface area contributed by atoms with E-state index in [1.54, 1.807) is 25.6 Å². The zero-order valence-corrected chi connectivity index (χ0v) is 12.5. The Balaban J connectivity index is 2.91. The molecule has 7 heteroatoms. The highest BCUT2D eigenvalue weighted by Gasteiger charge is 2.14. The molecule has 1 rings (SSSR count). The number of methoxy groups -OCH3 is 2. The number of rotatable bonds is 8. The molecule has 1 aromatic heterocycles. The van der Waals surface area contributed by atoms with Crippen molar-refractivity contribution in [3.8, 4) is 0 Å². The van der Waals surface area contributed by atoms with Gasteiger partial charge in [0.15, 0.2) is 0 Å². The molecule has 20 heavy (non-hydrogen) atoms. The Kier molecular flexibility index (Phi) is 6.89. The Morgan fingerprint density at radius 2 is 2.20 bits per heavy atom. The van der Waals surface area contributed by atoms with Crippen molar-refractivity contribution in [1.82, 2.24) is 4.98 Å².